The Hall–Kier alpha value is -1.35. The van der Waals surface area contributed by atoms with Crippen LogP contribution in [0.15, 0.2) is 24.3 Å². The molecular formula is C17H28N2O. The Morgan fingerprint density at radius 2 is 1.75 bits per heavy atom. The Morgan fingerprint density at radius 3 is 2.20 bits per heavy atom. The molecule has 0 aliphatic rings. The van der Waals surface area contributed by atoms with E-state index >= 15 is 0 Å². The first-order chi connectivity index (χ1) is 9.20. The van der Waals surface area contributed by atoms with E-state index in [4.69, 9.17) is 5.73 Å². The van der Waals surface area contributed by atoms with Gasteiger partial charge in [-0.3, -0.25) is 4.79 Å². The number of carbonyl (C=O) groups is 1. The van der Waals surface area contributed by atoms with Gasteiger partial charge in [-0.15, -0.1) is 0 Å². The molecule has 0 unspecified atom stereocenters. The first kappa shape index (κ1) is 16.7. The van der Waals surface area contributed by atoms with E-state index in [0.29, 0.717) is 12.5 Å². The van der Waals surface area contributed by atoms with Crippen LogP contribution in [0.4, 0.5) is 0 Å². The van der Waals surface area contributed by atoms with Crippen molar-refractivity contribution in [1.82, 2.24) is 5.32 Å². The lowest BCUT2D eigenvalue weighted by Crippen LogP contribution is -2.41. The first-order valence-electron chi connectivity index (χ1n) is 7.33. The fourth-order valence-corrected chi connectivity index (χ4v) is 2.06. The van der Waals surface area contributed by atoms with Crippen LogP contribution in [-0.4, -0.2) is 11.9 Å². The Bertz CT molecular complexity index is 429. The average Bonchev–Trinajstić information content (AvgIpc) is 2.34. The summed E-state index contributed by atoms with van der Waals surface area (Å²) in [6, 6.07) is 7.96. The van der Waals surface area contributed by atoms with E-state index in [0.717, 1.165) is 12.0 Å². The van der Waals surface area contributed by atoms with Gasteiger partial charge in [0.2, 0.25) is 5.91 Å². The zero-order valence-electron chi connectivity index (χ0n) is 13.4. The van der Waals surface area contributed by atoms with Crippen molar-refractivity contribution >= 4 is 5.91 Å². The SMILES string of the molecule is CC(C)C[C@H](N)C(=O)NCc1ccc(C(C)(C)C)cc1. The molecule has 20 heavy (non-hydrogen) atoms. The smallest absolute Gasteiger partial charge is 0.237 e. The molecule has 1 aromatic carbocycles. The number of hydrogen-bond acceptors (Lipinski definition) is 2. The van der Waals surface area contributed by atoms with E-state index in [2.05, 4.69) is 64.2 Å². The van der Waals surface area contributed by atoms with Crippen molar-refractivity contribution in [2.45, 2.75) is 59.0 Å². The molecule has 0 saturated heterocycles. The molecule has 0 bridgehead atoms. The second-order valence-corrected chi connectivity index (χ2v) is 6.90. The van der Waals surface area contributed by atoms with E-state index in [9.17, 15) is 4.79 Å². The molecule has 0 saturated carbocycles. The lowest BCUT2D eigenvalue weighted by Gasteiger charge is -2.19. The van der Waals surface area contributed by atoms with Crippen LogP contribution >= 0.6 is 0 Å². The Kier molecular flexibility index (Phi) is 5.75. The predicted octanol–water partition coefficient (Wildman–Crippen LogP) is 2.97. The summed E-state index contributed by atoms with van der Waals surface area (Å²) < 4.78 is 0. The molecule has 0 heterocycles. The summed E-state index contributed by atoms with van der Waals surface area (Å²) in [5.74, 6) is 0.361. The molecule has 1 aromatic rings. The van der Waals surface area contributed by atoms with Crippen LogP contribution in [0.2, 0.25) is 0 Å². The third-order valence-corrected chi connectivity index (χ3v) is 3.35. The second kappa shape index (κ2) is 6.89. The fraction of sp³-hybridized carbons (Fsp3) is 0.588. The summed E-state index contributed by atoms with van der Waals surface area (Å²) in [7, 11) is 0. The van der Waals surface area contributed by atoms with Crippen LogP contribution < -0.4 is 11.1 Å². The molecule has 0 fully saturated rings. The lowest BCUT2D eigenvalue weighted by atomic mass is 9.87. The summed E-state index contributed by atoms with van der Waals surface area (Å²) in [5.41, 5.74) is 8.40. The van der Waals surface area contributed by atoms with Crippen molar-refractivity contribution < 1.29 is 4.79 Å². The van der Waals surface area contributed by atoms with Crippen molar-refractivity contribution in [3.8, 4) is 0 Å². The van der Waals surface area contributed by atoms with Crippen molar-refractivity contribution in [2.24, 2.45) is 11.7 Å². The molecule has 0 spiro atoms. The topological polar surface area (TPSA) is 55.1 Å². The summed E-state index contributed by atoms with van der Waals surface area (Å²) in [5, 5.41) is 2.90. The minimum atomic E-state index is -0.413. The molecule has 1 atom stereocenters. The monoisotopic (exact) mass is 276 g/mol. The lowest BCUT2D eigenvalue weighted by molar-refractivity contribution is -0.122. The maximum Gasteiger partial charge on any atom is 0.237 e. The molecule has 0 aliphatic heterocycles. The van der Waals surface area contributed by atoms with E-state index in [-0.39, 0.29) is 11.3 Å². The number of hydrogen-bond donors (Lipinski definition) is 2. The van der Waals surface area contributed by atoms with Crippen LogP contribution in [-0.2, 0) is 16.8 Å². The number of carbonyl (C=O) groups excluding carboxylic acids is 1. The molecule has 3 heteroatoms. The molecule has 3 nitrogen and oxygen atoms in total. The van der Waals surface area contributed by atoms with Crippen molar-refractivity contribution in [3.63, 3.8) is 0 Å². The quantitative estimate of drug-likeness (QED) is 0.868. The van der Waals surface area contributed by atoms with Gasteiger partial charge in [-0.25, -0.2) is 0 Å². The largest absolute Gasteiger partial charge is 0.351 e. The van der Waals surface area contributed by atoms with Gasteiger partial charge < -0.3 is 11.1 Å². The molecule has 0 radical (unpaired) electrons. The van der Waals surface area contributed by atoms with Gasteiger partial charge in [0.15, 0.2) is 0 Å². The number of benzene rings is 1. The maximum absolute atomic E-state index is 11.8. The highest BCUT2D eigenvalue weighted by atomic mass is 16.2. The van der Waals surface area contributed by atoms with Gasteiger partial charge >= 0.3 is 0 Å². The van der Waals surface area contributed by atoms with E-state index < -0.39 is 6.04 Å². The van der Waals surface area contributed by atoms with Gasteiger partial charge in [0.1, 0.15) is 0 Å². The second-order valence-electron chi connectivity index (χ2n) is 6.90. The summed E-state index contributed by atoms with van der Waals surface area (Å²) in [6.45, 7) is 11.2. The normalized spacial score (nSPS) is 13.3. The Morgan fingerprint density at radius 1 is 1.20 bits per heavy atom. The highest BCUT2D eigenvalue weighted by molar-refractivity contribution is 5.81. The maximum atomic E-state index is 11.8. The summed E-state index contributed by atoms with van der Waals surface area (Å²) >= 11 is 0. The third-order valence-electron chi connectivity index (χ3n) is 3.35. The van der Waals surface area contributed by atoms with E-state index in [1.165, 1.54) is 5.56 Å². The summed E-state index contributed by atoms with van der Waals surface area (Å²) in [6.07, 6.45) is 0.717. The minimum Gasteiger partial charge on any atom is -0.351 e. The van der Waals surface area contributed by atoms with Crippen molar-refractivity contribution in [1.29, 1.82) is 0 Å². The molecular weight excluding hydrogens is 248 g/mol. The number of rotatable bonds is 5. The van der Waals surface area contributed by atoms with Crippen LogP contribution in [0, 0.1) is 5.92 Å². The standard InChI is InChI=1S/C17H28N2O/c1-12(2)10-15(18)16(20)19-11-13-6-8-14(9-7-13)17(3,4)5/h6-9,12,15H,10-11,18H2,1-5H3,(H,19,20)/t15-/m0/s1. The minimum absolute atomic E-state index is 0.0707. The number of nitrogens with one attached hydrogen (secondary N) is 1. The Balaban J connectivity index is 2.52. The van der Waals surface area contributed by atoms with Gasteiger partial charge in [-0.2, -0.15) is 0 Å². The third kappa shape index (κ3) is 5.33. The average molecular weight is 276 g/mol. The number of amides is 1. The van der Waals surface area contributed by atoms with Crippen molar-refractivity contribution in [3.05, 3.63) is 35.4 Å². The van der Waals surface area contributed by atoms with Gasteiger partial charge in [-0.1, -0.05) is 58.9 Å². The van der Waals surface area contributed by atoms with Gasteiger partial charge in [0, 0.05) is 6.54 Å². The van der Waals surface area contributed by atoms with Gasteiger partial charge in [-0.05, 0) is 28.9 Å². The Labute approximate surface area is 122 Å². The zero-order valence-corrected chi connectivity index (χ0v) is 13.4. The van der Waals surface area contributed by atoms with Gasteiger partial charge in [0.05, 0.1) is 6.04 Å². The molecule has 1 rings (SSSR count). The zero-order chi connectivity index (χ0) is 15.3. The first-order valence-corrected chi connectivity index (χ1v) is 7.33. The van der Waals surface area contributed by atoms with E-state index in [1.54, 1.807) is 0 Å². The highest BCUT2D eigenvalue weighted by Gasteiger charge is 2.15. The van der Waals surface area contributed by atoms with Crippen LogP contribution in [0.3, 0.4) is 0 Å². The van der Waals surface area contributed by atoms with Crippen LogP contribution in [0.5, 0.6) is 0 Å². The predicted molar refractivity (Wildman–Crippen MR) is 84.4 cm³/mol. The number of nitrogens with two attached hydrogens (primary N) is 1. The van der Waals surface area contributed by atoms with E-state index in [1.807, 2.05) is 0 Å². The summed E-state index contributed by atoms with van der Waals surface area (Å²) in [4.78, 5) is 11.8. The molecule has 0 aromatic heterocycles. The molecule has 0 aliphatic carbocycles. The molecule has 112 valence electrons. The highest BCUT2D eigenvalue weighted by Crippen LogP contribution is 2.22. The van der Waals surface area contributed by atoms with Crippen LogP contribution in [0.1, 0.15) is 52.2 Å². The fourth-order valence-electron chi connectivity index (χ4n) is 2.06. The molecule has 1 amide bonds. The van der Waals surface area contributed by atoms with Crippen molar-refractivity contribution in [2.75, 3.05) is 0 Å². The van der Waals surface area contributed by atoms with Crippen LogP contribution in [0.25, 0.3) is 0 Å². The van der Waals surface area contributed by atoms with Gasteiger partial charge in [0.25, 0.3) is 0 Å². The molecule has 3 N–H and O–H groups in total.